The molecule has 0 aromatic heterocycles. The van der Waals surface area contributed by atoms with Crippen molar-refractivity contribution >= 4 is 68.5 Å². The maximum atomic E-state index is 4.73. The smallest absolute Gasteiger partial charge is 0.0620 e. The van der Waals surface area contributed by atoms with E-state index in [9.17, 15) is 0 Å². The number of hydrogen-bond acceptors (Lipinski definition) is 0. The minimum Gasteiger partial charge on any atom is -0.0620 e. The zero-order chi connectivity index (χ0) is 32.4. The Morgan fingerprint density at radius 1 is 0.292 bits per heavy atom. The fourth-order valence-electron chi connectivity index (χ4n) is 7.85. The fraction of sp³-hybridized carbons (Fsp3) is 0.0455. The average Bonchev–Trinajstić information content (AvgIpc) is 3.47. The summed E-state index contributed by atoms with van der Waals surface area (Å²) in [7, 11) is -4.54. The van der Waals surface area contributed by atoms with Gasteiger partial charge in [-0.15, -0.1) is 0 Å². The number of fused-ring (bicyclic) bond motifs is 1. The van der Waals surface area contributed by atoms with Gasteiger partial charge in [-0.05, 0) is 72.8 Å². The Labute approximate surface area is 295 Å². The van der Waals surface area contributed by atoms with Gasteiger partial charge in [-0.25, -0.2) is 0 Å². The molecule has 7 aromatic carbocycles. The van der Waals surface area contributed by atoms with E-state index in [0.29, 0.717) is 0 Å². The lowest BCUT2D eigenvalue weighted by atomic mass is 10.1. The van der Waals surface area contributed by atoms with Crippen LogP contribution in [0.1, 0.15) is 21.9 Å². The van der Waals surface area contributed by atoms with Gasteiger partial charge in [-0.1, -0.05) is 149 Å². The van der Waals surface area contributed by atoms with Crippen molar-refractivity contribution in [1.29, 1.82) is 0 Å². The third kappa shape index (κ3) is 5.07. The van der Waals surface area contributed by atoms with Gasteiger partial charge in [0.1, 0.15) is 57.2 Å². The van der Waals surface area contributed by atoms with Crippen LogP contribution in [0.2, 0.25) is 0 Å². The van der Waals surface area contributed by atoms with Gasteiger partial charge in [0.25, 0.3) is 0 Å². The quantitative estimate of drug-likeness (QED) is 0.136. The van der Waals surface area contributed by atoms with Crippen molar-refractivity contribution in [3.05, 3.63) is 217 Å². The summed E-state index contributed by atoms with van der Waals surface area (Å²) in [5.41, 5.74) is 2.98. The Morgan fingerprint density at radius 3 is 0.688 bits per heavy atom. The first-order valence-electron chi connectivity index (χ1n) is 16.4. The first-order valence-corrected chi connectivity index (χ1v) is 23.6. The van der Waals surface area contributed by atoms with Crippen LogP contribution in [-0.4, -0.2) is 0 Å². The van der Waals surface area contributed by atoms with E-state index in [2.05, 4.69) is 206 Å². The average molecular weight is 738 g/mol. The largest absolute Gasteiger partial charge is 0.141 e. The maximum absolute atomic E-state index is 4.73. The van der Waals surface area contributed by atoms with Crippen LogP contribution in [0.15, 0.2) is 206 Å². The van der Waals surface area contributed by atoms with Crippen LogP contribution in [0, 0.1) is 0 Å². The van der Waals surface area contributed by atoms with Crippen molar-refractivity contribution in [3.8, 4) is 0 Å². The third-order valence-electron chi connectivity index (χ3n) is 9.73. The predicted molar refractivity (Wildman–Crippen MR) is 218 cm³/mol. The van der Waals surface area contributed by atoms with E-state index in [-0.39, 0.29) is 10.8 Å². The van der Waals surface area contributed by atoms with E-state index in [1.165, 1.54) is 43.0 Å². The molecule has 1 aliphatic heterocycles. The minimum atomic E-state index is -2.27. The van der Waals surface area contributed by atoms with Crippen molar-refractivity contribution < 1.29 is 0 Å². The Kier molecular flexibility index (Phi) is 8.99. The van der Waals surface area contributed by atoms with Crippen molar-refractivity contribution in [2.24, 2.45) is 0 Å². The maximum Gasteiger partial charge on any atom is 0.141 e. The molecule has 0 N–H and O–H groups in total. The van der Waals surface area contributed by atoms with Gasteiger partial charge in [0.15, 0.2) is 0 Å². The third-order valence-corrected chi connectivity index (χ3v) is 27.9. The molecule has 0 nitrogen and oxygen atoms in total. The molecule has 0 saturated heterocycles. The summed E-state index contributed by atoms with van der Waals surface area (Å²) in [6.45, 7) is -0.825. The highest BCUT2D eigenvalue weighted by Gasteiger charge is 2.68. The van der Waals surface area contributed by atoms with Gasteiger partial charge in [-0.3, -0.25) is 0 Å². The molecule has 1 heterocycles. The van der Waals surface area contributed by atoms with Crippen molar-refractivity contribution in [2.75, 3.05) is 0 Å². The standard InChI is InChI=1S/C44H36BrP3/c45-46-43(47(35-21-7-1-8-22-35,36-23-9-2-10-24-36)37-25-11-3-12-26-37)41-33-19-20-34-42(41)44(46)48(38-27-13-4-14-28-38,39-29-15-5-16-30-39)40-31-17-6-18-32-40/h1-34,43-44H/q+2. The molecular weight excluding hydrogens is 701 g/mol. The normalized spacial score (nSPS) is 17.5. The van der Waals surface area contributed by atoms with Crippen LogP contribution in [0.3, 0.4) is 0 Å². The van der Waals surface area contributed by atoms with Gasteiger partial charge in [-0.2, -0.15) is 0 Å². The Balaban J connectivity index is 1.50. The second kappa shape index (κ2) is 13.7. The van der Waals surface area contributed by atoms with Crippen LogP contribution < -0.4 is 31.8 Å². The monoisotopic (exact) mass is 736 g/mol. The Hall–Kier alpha value is -3.69. The highest BCUT2D eigenvalue weighted by Crippen LogP contribution is 2.94. The van der Waals surface area contributed by atoms with Crippen molar-refractivity contribution in [1.82, 2.24) is 0 Å². The lowest BCUT2D eigenvalue weighted by molar-refractivity contribution is 1.29. The van der Waals surface area contributed by atoms with Crippen molar-refractivity contribution in [2.45, 2.75) is 10.8 Å². The number of benzene rings is 7. The van der Waals surface area contributed by atoms with Crippen LogP contribution >= 0.6 is 36.6 Å². The molecule has 48 heavy (non-hydrogen) atoms. The molecule has 0 aliphatic carbocycles. The minimum absolute atomic E-state index is 0.261. The predicted octanol–water partition coefficient (Wildman–Crippen LogP) is 10.5. The van der Waals surface area contributed by atoms with Gasteiger partial charge < -0.3 is 0 Å². The molecule has 8 rings (SSSR count). The molecule has 0 bridgehead atoms. The molecule has 2 unspecified atom stereocenters. The van der Waals surface area contributed by atoms with Crippen LogP contribution in [0.5, 0.6) is 0 Å². The molecule has 0 amide bonds. The Morgan fingerprint density at radius 2 is 0.479 bits per heavy atom. The first-order chi connectivity index (χ1) is 23.8. The Bertz CT molecular complexity index is 1740. The van der Waals surface area contributed by atoms with Gasteiger partial charge in [0, 0.05) is 11.1 Å². The summed E-state index contributed by atoms with van der Waals surface area (Å²) < 4.78 is 0. The van der Waals surface area contributed by atoms with E-state index in [1.807, 2.05) is 0 Å². The molecule has 1 aliphatic rings. The highest BCUT2D eigenvalue weighted by molar-refractivity contribution is 9.39. The molecule has 232 valence electrons. The highest BCUT2D eigenvalue weighted by atomic mass is 79.9. The SMILES string of the molecule is BrP1C([P+](c2ccccc2)(c2ccccc2)c2ccccc2)c2ccccc2C1[P+](c1ccccc1)(c1ccccc1)c1ccccc1. The summed E-state index contributed by atoms with van der Waals surface area (Å²) in [4.78, 5) is 0. The van der Waals surface area contributed by atoms with Crippen LogP contribution in [0.25, 0.3) is 0 Å². The number of halogens is 1. The lowest BCUT2D eigenvalue weighted by Crippen LogP contribution is -2.35. The number of hydrogen-bond donors (Lipinski definition) is 0. The van der Waals surface area contributed by atoms with E-state index < -0.39 is 21.1 Å². The van der Waals surface area contributed by atoms with Crippen molar-refractivity contribution in [3.63, 3.8) is 0 Å². The zero-order valence-electron chi connectivity index (χ0n) is 26.5. The summed E-state index contributed by atoms with van der Waals surface area (Å²) in [5, 5.41) is 9.09. The molecular formula is C44H36BrP3+2. The molecule has 0 radical (unpaired) electrons. The van der Waals surface area contributed by atoms with Gasteiger partial charge in [0.2, 0.25) is 0 Å². The molecule has 0 spiro atoms. The summed E-state index contributed by atoms with van der Waals surface area (Å²) in [5.74, 6) is 0. The van der Waals surface area contributed by atoms with Crippen LogP contribution in [-0.2, 0) is 0 Å². The zero-order valence-corrected chi connectivity index (χ0v) is 30.8. The van der Waals surface area contributed by atoms with Gasteiger partial charge in [0.05, 0.1) is 6.62 Å². The second-order valence-electron chi connectivity index (χ2n) is 12.2. The van der Waals surface area contributed by atoms with E-state index in [0.717, 1.165) is 0 Å². The van der Waals surface area contributed by atoms with E-state index in [4.69, 9.17) is 15.5 Å². The van der Waals surface area contributed by atoms with Gasteiger partial charge >= 0.3 is 0 Å². The first kappa shape index (κ1) is 31.6. The topological polar surface area (TPSA) is 0 Å². The second-order valence-corrected chi connectivity index (χ2v) is 24.2. The lowest BCUT2D eigenvalue weighted by Gasteiger charge is -2.38. The summed E-state index contributed by atoms with van der Waals surface area (Å²) in [6.07, 6.45) is 0. The van der Waals surface area contributed by atoms with E-state index in [1.54, 1.807) is 0 Å². The van der Waals surface area contributed by atoms with Crippen LogP contribution in [0.4, 0.5) is 0 Å². The number of rotatable bonds is 8. The molecule has 4 heteroatoms. The summed E-state index contributed by atoms with van der Waals surface area (Å²) >= 11 is 4.73. The summed E-state index contributed by atoms with van der Waals surface area (Å²) in [6, 6.07) is 78.0. The molecule has 0 saturated carbocycles. The molecule has 2 atom stereocenters. The fourth-order valence-corrected chi connectivity index (χ4v) is 30.2. The molecule has 7 aromatic rings. The molecule has 0 fully saturated rings. The van der Waals surface area contributed by atoms with E-state index >= 15 is 0 Å².